The standard InChI is InChI=1S/C23H19N5O/c1-24-16-7-5-14(6-8-16)23(29)27-21-11-15(12-22-19(21)13-26-28-22)17-3-2-4-20-18(17)9-10-25-20/h2-13,24-25H,1H3,(H,26,28)(H,27,29). The third kappa shape index (κ3) is 3.00. The number of aromatic amines is 2. The highest BCUT2D eigenvalue weighted by Gasteiger charge is 2.13. The topological polar surface area (TPSA) is 85.6 Å². The number of hydrogen-bond donors (Lipinski definition) is 4. The van der Waals surface area contributed by atoms with E-state index in [0.29, 0.717) is 5.56 Å². The maximum absolute atomic E-state index is 12.8. The number of anilines is 2. The van der Waals surface area contributed by atoms with Crippen LogP contribution in [0.3, 0.4) is 0 Å². The van der Waals surface area contributed by atoms with Crippen molar-refractivity contribution in [1.29, 1.82) is 0 Å². The maximum atomic E-state index is 12.8. The molecule has 4 N–H and O–H groups in total. The minimum atomic E-state index is -0.160. The number of carbonyl (C=O) groups excluding carboxylic acids is 1. The predicted molar refractivity (Wildman–Crippen MR) is 117 cm³/mol. The molecule has 0 bridgehead atoms. The molecule has 3 aromatic carbocycles. The van der Waals surface area contributed by atoms with E-state index in [2.05, 4.69) is 44.0 Å². The van der Waals surface area contributed by atoms with Crippen LogP contribution in [0.1, 0.15) is 10.4 Å². The van der Waals surface area contributed by atoms with Crippen LogP contribution in [0.5, 0.6) is 0 Å². The van der Waals surface area contributed by atoms with Crippen molar-refractivity contribution in [3.8, 4) is 11.1 Å². The van der Waals surface area contributed by atoms with E-state index >= 15 is 0 Å². The monoisotopic (exact) mass is 381 g/mol. The first-order chi connectivity index (χ1) is 14.2. The van der Waals surface area contributed by atoms with E-state index in [9.17, 15) is 4.79 Å². The molecular weight excluding hydrogens is 362 g/mol. The first-order valence-electron chi connectivity index (χ1n) is 9.36. The van der Waals surface area contributed by atoms with Crippen LogP contribution in [0.4, 0.5) is 11.4 Å². The quantitative estimate of drug-likeness (QED) is 0.353. The van der Waals surface area contributed by atoms with Gasteiger partial charge >= 0.3 is 0 Å². The molecule has 29 heavy (non-hydrogen) atoms. The van der Waals surface area contributed by atoms with Crippen molar-refractivity contribution in [2.45, 2.75) is 0 Å². The van der Waals surface area contributed by atoms with E-state index in [1.54, 1.807) is 18.3 Å². The number of fused-ring (bicyclic) bond motifs is 2. The lowest BCUT2D eigenvalue weighted by Crippen LogP contribution is -2.12. The number of hydrogen-bond acceptors (Lipinski definition) is 3. The first-order valence-corrected chi connectivity index (χ1v) is 9.36. The molecule has 0 saturated carbocycles. The second-order valence-corrected chi connectivity index (χ2v) is 6.88. The molecule has 2 heterocycles. The first kappa shape index (κ1) is 17.1. The summed E-state index contributed by atoms with van der Waals surface area (Å²) in [6.07, 6.45) is 3.66. The Morgan fingerprint density at radius 3 is 2.66 bits per heavy atom. The minimum Gasteiger partial charge on any atom is -0.388 e. The molecule has 0 unspecified atom stereocenters. The van der Waals surface area contributed by atoms with Crippen molar-refractivity contribution in [1.82, 2.24) is 15.2 Å². The third-order valence-electron chi connectivity index (χ3n) is 5.15. The van der Waals surface area contributed by atoms with Crippen LogP contribution in [0.2, 0.25) is 0 Å². The zero-order valence-corrected chi connectivity index (χ0v) is 15.8. The molecule has 5 aromatic rings. The third-order valence-corrected chi connectivity index (χ3v) is 5.15. The molecule has 0 atom stereocenters. The van der Waals surface area contributed by atoms with Gasteiger partial charge in [-0.1, -0.05) is 12.1 Å². The molecule has 1 amide bonds. The molecule has 0 aliphatic rings. The second kappa shape index (κ2) is 6.83. The van der Waals surface area contributed by atoms with Gasteiger partial charge in [0.05, 0.1) is 17.4 Å². The normalized spacial score (nSPS) is 11.1. The molecule has 5 rings (SSSR count). The molecule has 142 valence electrons. The summed E-state index contributed by atoms with van der Waals surface area (Å²) in [7, 11) is 1.85. The van der Waals surface area contributed by atoms with Crippen LogP contribution in [0.15, 0.2) is 73.1 Å². The van der Waals surface area contributed by atoms with Gasteiger partial charge in [-0.25, -0.2) is 0 Å². The van der Waals surface area contributed by atoms with E-state index in [0.717, 1.165) is 44.3 Å². The van der Waals surface area contributed by atoms with E-state index in [1.165, 1.54) is 0 Å². The molecule has 6 heteroatoms. The molecule has 0 aliphatic carbocycles. The molecule has 0 fully saturated rings. The zero-order valence-electron chi connectivity index (χ0n) is 15.8. The zero-order chi connectivity index (χ0) is 19.8. The van der Waals surface area contributed by atoms with Crippen molar-refractivity contribution >= 4 is 39.1 Å². The van der Waals surface area contributed by atoms with Crippen LogP contribution in [0.25, 0.3) is 32.9 Å². The Morgan fingerprint density at radius 1 is 0.966 bits per heavy atom. The van der Waals surface area contributed by atoms with Crippen LogP contribution < -0.4 is 10.6 Å². The lowest BCUT2D eigenvalue weighted by molar-refractivity contribution is 0.102. The number of carbonyl (C=O) groups is 1. The molecule has 0 aliphatic heterocycles. The number of aromatic nitrogens is 3. The number of nitrogens with zero attached hydrogens (tertiary/aromatic N) is 1. The van der Waals surface area contributed by atoms with Crippen molar-refractivity contribution in [3.63, 3.8) is 0 Å². The smallest absolute Gasteiger partial charge is 0.255 e. The fourth-order valence-electron chi connectivity index (χ4n) is 3.63. The highest BCUT2D eigenvalue weighted by atomic mass is 16.1. The number of rotatable bonds is 4. The van der Waals surface area contributed by atoms with Crippen LogP contribution in [-0.2, 0) is 0 Å². The average molecular weight is 381 g/mol. The summed E-state index contributed by atoms with van der Waals surface area (Å²) >= 11 is 0. The Kier molecular flexibility index (Phi) is 4.02. The van der Waals surface area contributed by atoms with Gasteiger partial charge in [0.15, 0.2) is 0 Å². The number of benzene rings is 3. The highest BCUT2D eigenvalue weighted by Crippen LogP contribution is 2.34. The molecule has 0 saturated heterocycles. The van der Waals surface area contributed by atoms with E-state index in [1.807, 2.05) is 43.6 Å². The van der Waals surface area contributed by atoms with Crippen LogP contribution in [0, 0.1) is 0 Å². The number of amides is 1. The summed E-state index contributed by atoms with van der Waals surface area (Å²) in [5, 5.41) is 15.3. The van der Waals surface area contributed by atoms with Crippen molar-refractivity contribution in [2.75, 3.05) is 17.7 Å². The molecule has 0 radical (unpaired) electrons. The van der Waals surface area contributed by atoms with Gasteiger partial charge in [0, 0.05) is 40.8 Å². The van der Waals surface area contributed by atoms with Gasteiger partial charge in [-0.3, -0.25) is 9.89 Å². The summed E-state index contributed by atoms with van der Waals surface area (Å²) in [6.45, 7) is 0. The van der Waals surface area contributed by atoms with Crippen LogP contribution in [-0.4, -0.2) is 28.1 Å². The molecular formula is C23H19N5O. The van der Waals surface area contributed by atoms with Crippen molar-refractivity contribution in [2.24, 2.45) is 0 Å². The van der Waals surface area contributed by atoms with E-state index < -0.39 is 0 Å². The van der Waals surface area contributed by atoms with Crippen LogP contribution >= 0.6 is 0 Å². The van der Waals surface area contributed by atoms with E-state index in [4.69, 9.17) is 0 Å². The summed E-state index contributed by atoms with van der Waals surface area (Å²) in [5.74, 6) is -0.160. The molecule has 0 spiro atoms. The van der Waals surface area contributed by atoms with Gasteiger partial charge < -0.3 is 15.6 Å². The summed E-state index contributed by atoms with van der Waals surface area (Å²) in [6, 6.07) is 19.6. The average Bonchev–Trinajstić information content (AvgIpc) is 3.42. The lowest BCUT2D eigenvalue weighted by Gasteiger charge is -2.11. The molecule has 2 aromatic heterocycles. The van der Waals surface area contributed by atoms with Gasteiger partial charge in [0.25, 0.3) is 5.91 Å². The number of H-pyrrole nitrogens is 2. The minimum absolute atomic E-state index is 0.160. The fraction of sp³-hybridized carbons (Fsp3) is 0.0435. The molecule has 6 nitrogen and oxygen atoms in total. The maximum Gasteiger partial charge on any atom is 0.255 e. The SMILES string of the molecule is CNc1ccc(C(=O)Nc2cc(-c3cccc4[nH]ccc34)cc3[nH]ncc23)cc1. The summed E-state index contributed by atoms with van der Waals surface area (Å²) in [5.41, 5.74) is 6.32. The Balaban J connectivity index is 1.57. The number of nitrogens with one attached hydrogen (secondary N) is 4. The predicted octanol–water partition coefficient (Wildman–Crippen LogP) is 5.01. The lowest BCUT2D eigenvalue weighted by atomic mass is 9.99. The van der Waals surface area contributed by atoms with Gasteiger partial charge in [-0.15, -0.1) is 0 Å². The Labute approximate surface area is 167 Å². The summed E-state index contributed by atoms with van der Waals surface area (Å²) < 4.78 is 0. The van der Waals surface area contributed by atoms with Crippen molar-refractivity contribution in [3.05, 3.63) is 78.6 Å². The Morgan fingerprint density at radius 2 is 1.83 bits per heavy atom. The second-order valence-electron chi connectivity index (χ2n) is 6.88. The van der Waals surface area contributed by atoms with Gasteiger partial charge in [-0.2, -0.15) is 5.10 Å². The van der Waals surface area contributed by atoms with Gasteiger partial charge in [0.2, 0.25) is 0 Å². The van der Waals surface area contributed by atoms with E-state index in [-0.39, 0.29) is 5.91 Å². The Hall–Kier alpha value is -4.06. The Bertz CT molecular complexity index is 1330. The highest BCUT2D eigenvalue weighted by molar-refractivity contribution is 6.10. The summed E-state index contributed by atoms with van der Waals surface area (Å²) in [4.78, 5) is 16.1. The fourth-order valence-corrected chi connectivity index (χ4v) is 3.63. The van der Waals surface area contributed by atoms with Gasteiger partial charge in [-0.05, 0) is 59.7 Å². The van der Waals surface area contributed by atoms with Crippen molar-refractivity contribution < 1.29 is 4.79 Å². The van der Waals surface area contributed by atoms with Gasteiger partial charge in [0.1, 0.15) is 0 Å². The largest absolute Gasteiger partial charge is 0.388 e.